The first-order chi connectivity index (χ1) is 12.7. The van der Waals surface area contributed by atoms with Gasteiger partial charge in [0.1, 0.15) is 11.6 Å². The van der Waals surface area contributed by atoms with Crippen molar-refractivity contribution in [1.82, 2.24) is 0 Å². The highest BCUT2D eigenvalue weighted by molar-refractivity contribution is 7.09. The number of anilines is 1. The summed E-state index contributed by atoms with van der Waals surface area (Å²) in [5.41, 5.74) is 1.23. The third kappa shape index (κ3) is 4.49. The highest BCUT2D eigenvalue weighted by Crippen LogP contribution is 2.23. The lowest BCUT2D eigenvalue weighted by Crippen LogP contribution is -2.30. The van der Waals surface area contributed by atoms with E-state index in [1.807, 2.05) is 24.4 Å². The van der Waals surface area contributed by atoms with E-state index in [0.717, 1.165) is 17.0 Å². The SMILES string of the molecule is CCCOc1ccc(C(=O)N(Cc2cccs2)c2ccc(F)cc2)cc1. The van der Waals surface area contributed by atoms with E-state index in [-0.39, 0.29) is 11.7 Å². The van der Waals surface area contributed by atoms with E-state index in [0.29, 0.717) is 24.4 Å². The molecule has 0 aliphatic carbocycles. The molecule has 2 aromatic carbocycles. The van der Waals surface area contributed by atoms with Gasteiger partial charge in [-0.25, -0.2) is 4.39 Å². The van der Waals surface area contributed by atoms with Crippen molar-refractivity contribution < 1.29 is 13.9 Å². The summed E-state index contributed by atoms with van der Waals surface area (Å²) < 4.78 is 18.9. The van der Waals surface area contributed by atoms with Crippen LogP contribution in [0.4, 0.5) is 10.1 Å². The van der Waals surface area contributed by atoms with Crippen LogP contribution < -0.4 is 9.64 Å². The fraction of sp³-hybridized carbons (Fsp3) is 0.190. The Morgan fingerprint density at radius 3 is 2.42 bits per heavy atom. The van der Waals surface area contributed by atoms with Crippen molar-refractivity contribution in [1.29, 1.82) is 0 Å². The van der Waals surface area contributed by atoms with Crippen LogP contribution in [-0.4, -0.2) is 12.5 Å². The number of nitrogens with zero attached hydrogens (tertiary/aromatic N) is 1. The van der Waals surface area contributed by atoms with E-state index >= 15 is 0 Å². The average Bonchev–Trinajstić information content (AvgIpc) is 3.18. The number of ether oxygens (including phenoxy) is 1. The molecule has 0 N–H and O–H groups in total. The summed E-state index contributed by atoms with van der Waals surface area (Å²) in [6.07, 6.45) is 0.930. The van der Waals surface area contributed by atoms with E-state index < -0.39 is 0 Å². The number of amides is 1. The minimum absolute atomic E-state index is 0.132. The van der Waals surface area contributed by atoms with Crippen molar-refractivity contribution in [3.05, 3.63) is 82.3 Å². The molecule has 1 amide bonds. The zero-order valence-electron chi connectivity index (χ0n) is 14.5. The van der Waals surface area contributed by atoms with Crippen LogP contribution in [0.2, 0.25) is 0 Å². The van der Waals surface area contributed by atoms with Crippen molar-refractivity contribution in [2.45, 2.75) is 19.9 Å². The summed E-state index contributed by atoms with van der Waals surface area (Å²) in [7, 11) is 0. The molecule has 134 valence electrons. The highest BCUT2D eigenvalue weighted by Gasteiger charge is 2.19. The molecular weight excluding hydrogens is 349 g/mol. The minimum atomic E-state index is -0.324. The number of benzene rings is 2. The van der Waals surface area contributed by atoms with Gasteiger partial charge in [0.15, 0.2) is 0 Å². The van der Waals surface area contributed by atoms with Crippen LogP contribution in [-0.2, 0) is 6.54 Å². The van der Waals surface area contributed by atoms with Gasteiger partial charge < -0.3 is 9.64 Å². The number of hydrogen-bond donors (Lipinski definition) is 0. The molecule has 0 saturated carbocycles. The smallest absolute Gasteiger partial charge is 0.258 e. The molecule has 0 radical (unpaired) electrons. The third-order valence-electron chi connectivity index (χ3n) is 3.85. The Morgan fingerprint density at radius 1 is 1.08 bits per heavy atom. The van der Waals surface area contributed by atoms with Gasteiger partial charge in [-0.05, 0) is 66.4 Å². The molecule has 0 aliphatic rings. The summed E-state index contributed by atoms with van der Waals surface area (Å²) in [6.45, 7) is 3.13. The largest absolute Gasteiger partial charge is 0.494 e. The molecule has 0 bridgehead atoms. The topological polar surface area (TPSA) is 29.5 Å². The summed E-state index contributed by atoms with van der Waals surface area (Å²) in [6, 6.07) is 17.0. The van der Waals surface area contributed by atoms with E-state index in [9.17, 15) is 9.18 Å². The van der Waals surface area contributed by atoms with Crippen LogP contribution in [0.15, 0.2) is 66.0 Å². The molecule has 0 fully saturated rings. The Labute approximate surface area is 156 Å². The fourth-order valence-electron chi connectivity index (χ4n) is 2.53. The standard InChI is InChI=1S/C21H20FNO2S/c1-2-13-25-19-11-5-16(6-12-19)21(24)23(15-20-4-3-14-26-20)18-9-7-17(22)8-10-18/h3-12,14H,2,13,15H2,1H3. The van der Waals surface area contributed by atoms with Crippen molar-refractivity contribution >= 4 is 22.9 Å². The maximum absolute atomic E-state index is 13.3. The second-order valence-corrected chi connectivity index (χ2v) is 6.85. The monoisotopic (exact) mass is 369 g/mol. The van der Waals surface area contributed by atoms with Gasteiger partial charge in [0, 0.05) is 16.1 Å². The van der Waals surface area contributed by atoms with Gasteiger partial charge in [-0.1, -0.05) is 13.0 Å². The highest BCUT2D eigenvalue weighted by atomic mass is 32.1. The van der Waals surface area contributed by atoms with Gasteiger partial charge in [0.2, 0.25) is 0 Å². The van der Waals surface area contributed by atoms with Gasteiger partial charge in [0.25, 0.3) is 5.91 Å². The van der Waals surface area contributed by atoms with E-state index in [1.165, 1.54) is 12.1 Å². The lowest BCUT2D eigenvalue weighted by Gasteiger charge is -2.22. The predicted molar refractivity (Wildman–Crippen MR) is 103 cm³/mol. The fourth-order valence-corrected chi connectivity index (χ4v) is 3.22. The number of carbonyl (C=O) groups excluding carboxylic acids is 1. The van der Waals surface area contributed by atoms with Crippen LogP contribution in [0.25, 0.3) is 0 Å². The molecule has 0 saturated heterocycles. The second kappa shape index (κ2) is 8.63. The van der Waals surface area contributed by atoms with E-state index in [1.54, 1.807) is 52.6 Å². The number of rotatable bonds is 7. The normalized spacial score (nSPS) is 10.5. The molecular formula is C21H20FNO2S. The van der Waals surface area contributed by atoms with E-state index in [2.05, 4.69) is 0 Å². The average molecular weight is 369 g/mol. The Bertz CT molecular complexity index is 829. The molecule has 3 nitrogen and oxygen atoms in total. The quantitative estimate of drug-likeness (QED) is 0.548. The molecule has 1 heterocycles. The number of carbonyl (C=O) groups is 1. The Hall–Kier alpha value is -2.66. The molecule has 0 spiro atoms. The number of hydrogen-bond acceptors (Lipinski definition) is 3. The first-order valence-corrected chi connectivity index (χ1v) is 9.38. The van der Waals surface area contributed by atoms with Crippen LogP contribution >= 0.6 is 11.3 Å². The molecule has 0 aliphatic heterocycles. The zero-order chi connectivity index (χ0) is 18.4. The van der Waals surface area contributed by atoms with Gasteiger partial charge in [-0.15, -0.1) is 11.3 Å². The van der Waals surface area contributed by atoms with Gasteiger partial charge in [-0.2, -0.15) is 0 Å². The van der Waals surface area contributed by atoms with Crippen molar-refractivity contribution in [2.75, 3.05) is 11.5 Å². The zero-order valence-corrected chi connectivity index (χ0v) is 15.3. The molecule has 0 unspecified atom stereocenters. The predicted octanol–water partition coefficient (Wildman–Crippen LogP) is 5.52. The van der Waals surface area contributed by atoms with Crippen molar-refractivity contribution in [2.24, 2.45) is 0 Å². The number of halogens is 1. The first-order valence-electron chi connectivity index (χ1n) is 8.50. The van der Waals surface area contributed by atoms with Gasteiger partial charge in [0.05, 0.1) is 13.2 Å². The number of thiophene rings is 1. The molecule has 3 rings (SSSR count). The summed E-state index contributed by atoms with van der Waals surface area (Å²) >= 11 is 1.59. The van der Waals surface area contributed by atoms with Crippen LogP contribution in [0.1, 0.15) is 28.6 Å². The molecule has 3 aromatic rings. The maximum atomic E-state index is 13.3. The van der Waals surface area contributed by atoms with Crippen molar-refractivity contribution in [3.63, 3.8) is 0 Å². The lowest BCUT2D eigenvalue weighted by molar-refractivity contribution is 0.0985. The van der Waals surface area contributed by atoms with Gasteiger partial charge in [-0.3, -0.25) is 4.79 Å². The molecule has 26 heavy (non-hydrogen) atoms. The molecule has 5 heteroatoms. The first kappa shape index (κ1) is 18.1. The Morgan fingerprint density at radius 2 is 1.81 bits per heavy atom. The summed E-state index contributed by atoms with van der Waals surface area (Å²) in [4.78, 5) is 15.8. The maximum Gasteiger partial charge on any atom is 0.258 e. The lowest BCUT2D eigenvalue weighted by atomic mass is 10.1. The van der Waals surface area contributed by atoms with Gasteiger partial charge >= 0.3 is 0 Å². The second-order valence-electron chi connectivity index (χ2n) is 5.82. The molecule has 1 aromatic heterocycles. The van der Waals surface area contributed by atoms with Crippen molar-refractivity contribution in [3.8, 4) is 5.75 Å². The van der Waals surface area contributed by atoms with Crippen LogP contribution in [0.5, 0.6) is 5.75 Å². The van der Waals surface area contributed by atoms with Crippen LogP contribution in [0, 0.1) is 5.82 Å². The van der Waals surface area contributed by atoms with E-state index in [4.69, 9.17) is 4.74 Å². The Balaban J connectivity index is 1.85. The molecule has 0 atom stereocenters. The summed E-state index contributed by atoms with van der Waals surface area (Å²) in [5, 5.41) is 1.97. The Kier molecular flexibility index (Phi) is 6.02. The summed E-state index contributed by atoms with van der Waals surface area (Å²) in [5.74, 6) is 0.289. The minimum Gasteiger partial charge on any atom is -0.494 e. The third-order valence-corrected chi connectivity index (χ3v) is 4.71. The van der Waals surface area contributed by atoms with Crippen LogP contribution in [0.3, 0.4) is 0 Å².